The number of hydrogen-bond donors (Lipinski definition) is 0. The predicted molar refractivity (Wildman–Crippen MR) is 58.7 cm³/mol. The van der Waals surface area contributed by atoms with Crippen LogP contribution in [0.25, 0.3) is 11.1 Å². The first kappa shape index (κ1) is 7.57. The molecule has 0 bridgehead atoms. The third kappa shape index (κ3) is 1.19. The molecule has 0 unspecified atom stereocenters. The van der Waals surface area contributed by atoms with Crippen molar-refractivity contribution in [2.45, 2.75) is 25.7 Å². The lowest BCUT2D eigenvalue weighted by atomic mass is 9.97. The quantitative estimate of drug-likeness (QED) is 0.655. The molecule has 0 fully saturated rings. The van der Waals surface area contributed by atoms with E-state index in [1.165, 1.54) is 35.4 Å². The van der Waals surface area contributed by atoms with Gasteiger partial charge in [-0.05, 0) is 49.0 Å². The van der Waals surface area contributed by atoms with E-state index < -0.39 is 0 Å². The fourth-order valence-electron chi connectivity index (χ4n) is 1.71. The van der Waals surface area contributed by atoms with Crippen molar-refractivity contribution in [1.82, 2.24) is 0 Å². The van der Waals surface area contributed by atoms with Crippen molar-refractivity contribution in [1.29, 1.82) is 0 Å². The summed E-state index contributed by atoms with van der Waals surface area (Å²) in [6.07, 6.45) is 9.85. The molecule has 0 atom stereocenters. The van der Waals surface area contributed by atoms with Gasteiger partial charge in [-0.25, -0.2) is 0 Å². The molecule has 0 radical (unpaired) electrons. The summed E-state index contributed by atoms with van der Waals surface area (Å²) in [5.74, 6) is 0. The molecule has 0 N–H and O–H groups in total. The smallest absolute Gasteiger partial charge is 0.0305 e. The lowest BCUT2D eigenvalue weighted by molar-refractivity contribution is 0.994. The summed E-state index contributed by atoms with van der Waals surface area (Å²) < 4.78 is 0. The summed E-state index contributed by atoms with van der Waals surface area (Å²) in [5.41, 5.74) is 3.13. The average molecular weight is 188 g/mol. The van der Waals surface area contributed by atoms with E-state index in [-0.39, 0.29) is 0 Å². The Morgan fingerprint density at radius 1 is 0.846 bits per heavy atom. The Morgan fingerprint density at radius 2 is 1.31 bits per heavy atom. The van der Waals surface area contributed by atoms with Crippen molar-refractivity contribution in [3.8, 4) is 0 Å². The van der Waals surface area contributed by atoms with E-state index in [1.54, 1.807) is 11.1 Å². The maximum atomic E-state index is 2.35. The molecule has 0 aliphatic heterocycles. The largest absolute Gasteiger partial charge is 0.136 e. The molecule has 13 heavy (non-hydrogen) atoms. The number of hydrogen-bond acceptors (Lipinski definition) is 1. The lowest BCUT2D eigenvalue weighted by Gasteiger charge is -2.13. The van der Waals surface area contributed by atoms with Gasteiger partial charge in [0.05, 0.1) is 0 Å². The Morgan fingerprint density at radius 3 is 1.62 bits per heavy atom. The Hall–Kier alpha value is -0.820. The molecular weight excluding hydrogens is 176 g/mol. The van der Waals surface area contributed by atoms with Gasteiger partial charge >= 0.3 is 0 Å². The van der Waals surface area contributed by atoms with E-state index in [4.69, 9.17) is 0 Å². The zero-order chi connectivity index (χ0) is 8.67. The van der Waals surface area contributed by atoms with Gasteiger partial charge in [0.1, 0.15) is 0 Å². The molecule has 0 saturated heterocycles. The molecule has 0 saturated carbocycles. The monoisotopic (exact) mass is 188 g/mol. The highest BCUT2D eigenvalue weighted by Crippen LogP contribution is 2.38. The number of allylic oxidation sites excluding steroid dienone is 4. The first-order chi connectivity index (χ1) is 6.43. The SMILES string of the molecule is C1=C(c2ccc(C3=CCC3)s2)CC1. The fourth-order valence-corrected chi connectivity index (χ4v) is 2.85. The first-order valence-corrected chi connectivity index (χ1v) is 5.74. The lowest BCUT2D eigenvalue weighted by Crippen LogP contribution is -1.90. The van der Waals surface area contributed by atoms with E-state index in [0.29, 0.717) is 0 Å². The summed E-state index contributed by atoms with van der Waals surface area (Å²) in [4.78, 5) is 2.99. The van der Waals surface area contributed by atoms with Crippen molar-refractivity contribution >= 4 is 22.5 Å². The van der Waals surface area contributed by atoms with Gasteiger partial charge in [-0.2, -0.15) is 0 Å². The molecular formula is C12H12S. The van der Waals surface area contributed by atoms with Crippen LogP contribution in [-0.4, -0.2) is 0 Å². The summed E-state index contributed by atoms with van der Waals surface area (Å²) in [6.45, 7) is 0. The van der Waals surface area contributed by atoms with E-state index in [1.807, 2.05) is 11.3 Å². The van der Waals surface area contributed by atoms with Gasteiger partial charge in [0.15, 0.2) is 0 Å². The molecule has 0 amide bonds. The van der Waals surface area contributed by atoms with Crippen LogP contribution >= 0.6 is 11.3 Å². The zero-order valence-corrected chi connectivity index (χ0v) is 8.36. The van der Waals surface area contributed by atoms with Gasteiger partial charge < -0.3 is 0 Å². The third-order valence-corrected chi connectivity index (χ3v) is 4.08. The highest BCUT2D eigenvalue weighted by Gasteiger charge is 2.14. The summed E-state index contributed by atoms with van der Waals surface area (Å²) >= 11 is 1.96. The molecule has 1 heteroatoms. The maximum absolute atomic E-state index is 2.35. The second kappa shape index (κ2) is 2.85. The summed E-state index contributed by atoms with van der Waals surface area (Å²) in [7, 11) is 0. The molecule has 1 aromatic heterocycles. The van der Waals surface area contributed by atoms with E-state index in [9.17, 15) is 0 Å². The van der Waals surface area contributed by atoms with Crippen molar-refractivity contribution in [3.05, 3.63) is 34.0 Å². The molecule has 2 aliphatic rings. The van der Waals surface area contributed by atoms with Crippen molar-refractivity contribution in [2.24, 2.45) is 0 Å². The molecule has 1 aromatic rings. The summed E-state index contributed by atoms with van der Waals surface area (Å²) in [5, 5.41) is 0. The van der Waals surface area contributed by atoms with Crippen LogP contribution in [0.4, 0.5) is 0 Å². The average Bonchev–Trinajstić information content (AvgIpc) is 2.29. The van der Waals surface area contributed by atoms with Crippen molar-refractivity contribution in [3.63, 3.8) is 0 Å². The predicted octanol–water partition coefficient (Wildman–Crippen LogP) is 4.10. The minimum atomic E-state index is 1.28. The molecule has 66 valence electrons. The van der Waals surface area contributed by atoms with Gasteiger partial charge in [-0.3, -0.25) is 0 Å². The van der Waals surface area contributed by atoms with Crippen LogP contribution in [0.1, 0.15) is 35.4 Å². The van der Waals surface area contributed by atoms with E-state index >= 15 is 0 Å². The van der Waals surface area contributed by atoms with E-state index in [2.05, 4.69) is 24.3 Å². The number of thiophene rings is 1. The third-order valence-electron chi connectivity index (χ3n) is 2.85. The van der Waals surface area contributed by atoms with Gasteiger partial charge in [0.2, 0.25) is 0 Å². The Bertz CT molecular complexity index is 357. The molecule has 2 aliphatic carbocycles. The van der Waals surface area contributed by atoms with Crippen LogP contribution in [0.3, 0.4) is 0 Å². The molecule has 0 spiro atoms. The highest BCUT2D eigenvalue weighted by molar-refractivity contribution is 7.14. The number of rotatable bonds is 2. The standard InChI is InChI=1S/C12H12S/c1-3-9(4-1)11-7-8-12(13-11)10-5-2-6-10/h3,5,7-8H,1-2,4,6H2. The van der Waals surface area contributed by atoms with Crippen LogP contribution in [0, 0.1) is 0 Å². The van der Waals surface area contributed by atoms with Crippen LogP contribution in [-0.2, 0) is 0 Å². The van der Waals surface area contributed by atoms with Gasteiger partial charge in [-0.15, -0.1) is 11.3 Å². The summed E-state index contributed by atoms with van der Waals surface area (Å²) in [6, 6.07) is 4.56. The fraction of sp³-hybridized carbons (Fsp3) is 0.333. The molecule has 1 heterocycles. The van der Waals surface area contributed by atoms with Crippen LogP contribution in [0.5, 0.6) is 0 Å². The highest BCUT2D eigenvalue weighted by atomic mass is 32.1. The molecule has 0 nitrogen and oxygen atoms in total. The maximum Gasteiger partial charge on any atom is 0.0305 e. The van der Waals surface area contributed by atoms with Crippen LogP contribution in [0.2, 0.25) is 0 Å². The Balaban J connectivity index is 1.93. The minimum absolute atomic E-state index is 1.28. The topological polar surface area (TPSA) is 0 Å². The van der Waals surface area contributed by atoms with E-state index in [0.717, 1.165) is 0 Å². The zero-order valence-electron chi connectivity index (χ0n) is 7.55. The normalized spacial score (nSPS) is 20.0. The minimum Gasteiger partial charge on any atom is -0.136 e. The second-order valence-electron chi connectivity index (χ2n) is 3.70. The van der Waals surface area contributed by atoms with Crippen LogP contribution in [0.15, 0.2) is 24.3 Å². The Kier molecular flexibility index (Phi) is 1.66. The van der Waals surface area contributed by atoms with Gasteiger partial charge in [0.25, 0.3) is 0 Å². The van der Waals surface area contributed by atoms with Gasteiger partial charge in [-0.1, -0.05) is 12.2 Å². The van der Waals surface area contributed by atoms with Crippen molar-refractivity contribution in [2.75, 3.05) is 0 Å². The van der Waals surface area contributed by atoms with Gasteiger partial charge in [0, 0.05) is 9.75 Å². The molecule has 0 aromatic carbocycles. The Labute approximate surface area is 82.6 Å². The molecule has 3 rings (SSSR count). The first-order valence-electron chi connectivity index (χ1n) is 4.92. The van der Waals surface area contributed by atoms with Crippen LogP contribution < -0.4 is 0 Å². The second-order valence-corrected chi connectivity index (χ2v) is 4.78. The van der Waals surface area contributed by atoms with Crippen molar-refractivity contribution < 1.29 is 0 Å².